The molecule has 0 bridgehead atoms. The van der Waals surface area contributed by atoms with Gasteiger partial charge in [-0.15, -0.1) is 0 Å². The smallest absolute Gasteiger partial charge is 0.243 e. The van der Waals surface area contributed by atoms with Crippen LogP contribution in [0.15, 0.2) is 47.6 Å². The Morgan fingerprint density at radius 1 is 1.15 bits per heavy atom. The van der Waals surface area contributed by atoms with Crippen molar-refractivity contribution >= 4 is 32.8 Å². The summed E-state index contributed by atoms with van der Waals surface area (Å²) in [5, 5.41) is 0. The zero-order valence-corrected chi connectivity index (χ0v) is 15.5. The number of nitrogens with one attached hydrogen (secondary N) is 1. The summed E-state index contributed by atoms with van der Waals surface area (Å²) in [4.78, 5) is 4.32. The molecule has 0 radical (unpaired) electrons. The molecule has 1 aliphatic rings. The predicted octanol–water partition coefficient (Wildman–Crippen LogP) is 2.53. The van der Waals surface area contributed by atoms with Gasteiger partial charge in [0.05, 0.1) is 17.8 Å². The first kappa shape index (κ1) is 17.5. The zero-order valence-electron chi connectivity index (χ0n) is 13.9. The molecule has 1 aliphatic heterocycles. The Kier molecular flexibility index (Phi) is 4.94. The molecule has 2 aromatic heterocycles. The SMILES string of the molecule is O=S(=O)(NC(c1cccnc1)C1CCOCC1)c1cccc2nsnc12. The molecule has 0 spiro atoms. The van der Waals surface area contributed by atoms with Gasteiger partial charge in [0.1, 0.15) is 15.9 Å². The molecule has 1 fully saturated rings. The molecule has 1 atom stereocenters. The minimum atomic E-state index is -3.77. The molecule has 0 saturated carbocycles. The number of sulfonamides is 1. The molecule has 136 valence electrons. The fourth-order valence-electron chi connectivity index (χ4n) is 3.27. The van der Waals surface area contributed by atoms with Crippen molar-refractivity contribution in [3.63, 3.8) is 0 Å². The average molecular weight is 390 g/mol. The van der Waals surface area contributed by atoms with Gasteiger partial charge in [0.2, 0.25) is 10.0 Å². The van der Waals surface area contributed by atoms with Crippen molar-refractivity contribution in [3.05, 3.63) is 48.3 Å². The Morgan fingerprint density at radius 2 is 2.00 bits per heavy atom. The van der Waals surface area contributed by atoms with Crippen LogP contribution in [0.25, 0.3) is 11.0 Å². The van der Waals surface area contributed by atoms with Gasteiger partial charge in [0.25, 0.3) is 0 Å². The van der Waals surface area contributed by atoms with Gasteiger partial charge in [-0.25, -0.2) is 13.1 Å². The van der Waals surface area contributed by atoms with Crippen LogP contribution in [0.2, 0.25) is 0 Å². The molecule has 7 nitrogen and oxygen atoms in total. The van der Waals surface area contributed by atoms with E-state index in [0.717, 1.165) is 30.1 Å². The van der Waals surface area contributed by atoms with E-state index in [1.807, 2.05) is 12.1 Å². The van der Waals surface area contributed by atoms with Gasteiger partial charge in [0.15, 0.2) is 0 Å². The standard InChI is InChI=1S/C17H18N4O3S2/c22-26(23,15-5-1-4-14-17(15)20-25-19-14)21-16(12-6-9-24-10-7-12)13-3-2-8-18-11-13/h1-5,8,11-12,16,21H,6-7,9-10H2. The van der Waals surface area contributed by atoms with Crippen molar-refractivity contribution in [1.82, 2.24) is 18.5 Å². The molecule has 1 unspecified atom stereocenters. The van der Waals surface area contributed by atoms with E-state index in [4.69, 9.17) is 4.74 Å². The van der Waals surface area contributed by atoms with Gasteiger partial charge in [-0.3, -0.25) is 4.98 Å². The largest absolute Gasteiger partial charge is 0.381 e. The maximum atomic E-state index is 13.1. The molecule has 3 heterocycles. The highest BCUT2D eigenvalue weighted by Gasteiger charge is 2.31. The topological polar surface area (TPSA) is 94.1 Å². The lowest BCUT2D eigenvalue weighted by atomic mass is 9.88. The predicted molar refractivity (Wildman–Crippen MR) is 98.3 cm³/mol. The number of pyridine rings is 1. The number of benzene rings is 1. The van der Waals surface area contributed by atoms with Crippen LogP contribution in [0.5, 0.6) is 0 Å². The van der Waals surface area contributed by atoms with Gasteiger partial charge >= 0.3 is 0 Å². The van der Waals surface area contributed by atoms with E-state index in [2.05, 4.69) is 18.5 Å². The summed E-state index contributed by atoms with van der Waals surface area (Å²) in [5.74, 6) is 0.149. The minimum Gasteiger partial charge on any atom is -0.381 e. The van der Waals surface area contributed by atoms with Crippen LogP contribution in [0.1, 0.15) is 24.4 Å². The Labute approximate surface area is 155 Å². The summed E-state index contributed by atoms with van der Waals surface area (Å²) in [6.07, 6.45) is 4.99. The molecule has 4 rings (SSSR count). The number of hydrogen-bond donors (Lipinski definition) is 1. The second kappa shape index (κ2) is 7.36. The first-order valence-electron chi connectivity index (χ1n) is 8.36. The van der Waals surface area contributed by atoms with Crippen LogP contribution in [-0.2, 0) is 14.8 Å². The van der Waals surface area contributed by atoms with Crippen LogP contribution in [-0.4, -0.2) is 35.4 Å². The second-order valence-corrected chi connectivity index (χ2v) is 8.43. The van der Waals surface area contributed by atoms with Crippen molar-refractivity contribution in [2.24, 2.45) is 5.92 Å². The van der Waals surface area contributed by atoms with Crippen LogP contribution >= 0.6 is 11.7 Å². The van der Waals surface area contributed by atoms with E-state index in [0.29, 0.717) is 24.2 Å². The third-order valence-electron chi connectivity index (χ3n) is 4.60. The lowest BCUT2D eigenvalue weighted by molar-refractivity contribution is 0.0564. The third-order valence-corrected chi connectivity index (χ3v) is 6.62. The Hall–Kier alpha value is -1.94. The summed E-state index contributed by atoms with van der Waals surface area (Å²) >= 11 is 1.01. The lowest BCUT2D eigenvalue weighted by Gasteiger charge is -2.31. The van der Waals surface area contributed by atoms with Crippen LogP contribution in [0, 0.1) is 5.92 Å². The first-order chi connectivity index (χ1) is 12.6. The van der Waals surface area contributed by atoms with E-state index in [9.17, 15) is 8.42 Å². The van der Waals surface area contributed by atoms with Gasteiger partial charge in [-0.2, -0.15) is 8.75 Å². The minimum absolute atomic E-state index is 0.149. The van der Waals surface area contributed by atoms with Gasteiger partial charge < -0.3 is 4.74 Å². The van der Waals surface area contributed by atoms with Crippen molar-refractivity contribution in [3.8, 4) is 0 Å². The van der Waals surface area contributed by atoms with Crippen molar-refractivity contribution in [2.75, 3.05) is 13.2 Å². The van der Waals surface area contributed by atoms with Gasteiger partial charge in [0, 0.05) is 25.6 Å². The fourth-order valence-corrected chi connectivity index (χ4v) is 5.33. The molecular weight excluding hydrogens is 372 g/mol. The summed E-state index contributed by atoms with van der Waals surface area (Å²) < 4.78 is 42.9. The summed E-state index contributed by atoms with van der Waals surface area (Å²) in [6, 6.07) is 8.37. The monoisotopic (exact) mass is 390 g/mol. The number of aromatic nitrogens is 3. The third kappa shape index (κ3) is 3.48. The average Bonchev–Trinajstić information content (AvgIpc) is 3.16. The maximum absolute atomic E-state index is 13.1. The number of hydrogen-bond acceptors (Lipinski definition) is 7. The van der Waals surface area contributed by atoms with E-state index in [1.165, 1.54) is 0 Å². The molecular formula is C17H18N4O3S2. The maximum Gasteiger partial charge on any atom is 0.243 e. The molecule has 3 aromatic rings. The zero-order chi connectivity index (χ0) is 18.0. The highest BCUT2D eigenvalue weighted by atomic mass is 32.2. The molecule has 9 heteroatoms. The summed E-state index contributed by atoms with van der Waals surface area (Å²) in [5.41, 5.74) is 1.84. The van der Waals surface area contributed by atoms with Crippen molar-refractivity contribution in [1.29, 1.82) is 0 Å². The second-order valence-electron chi connectivity index (χ2n) is 6.22. The highest BCUT2D eigenvalue weighted by Crippen LogP contribution is 2.32. The molecule has 0 amide bonds. The van der Waals surface area contributed by atoms with Crippen molar-refractivity contribution in [2.45, 2.75) is 23.8 Å². The number of nitrogens with zero attached hydrogens (tertiary/aromatic N) is 3. The highest BCUT2D eigenvalue weighted by molar-refractivity contribution is 7.89. The van der Waals surface area contributed by atoms with Crippen LogP contribution in [0.3, 0.4) is 0 Å². The normalized spacial score (nSPS) is 17.4. The van der Waals surface area contributed by atoms with Gasteiger partial charge in [-0.05, 0) is 42.5 Å². The van der Waals surface area contributed by atoms with Crippen LogP contribution < -0.4 is 4.72 Å². The lowest BCUT2D eigenvalue weighted by Crippen LogP contribution is -2.36. The van der Waals surface area contributed by atoms with E-state index >= 15 is 0 Å². The van der Waals surface area contributed by atoms with E-state index < -0.39 is 10.0 Å². The number of rotatable bonds is 5. The Bertz CT molecular complexity index is 985. The first-order valence-corrected chi connectivity index (χ1v) is 10.6. The molecule has 1 N–H and O–H groups in total. The van der Waals surface area contributed by atoms with E-state index in [1.54, 1.807) is 30.6 Å². The van der Waals surface area contributed by atoms with Crippen LogP contribution in [0.4, 0.5) is 0 Å². The number of fused-ring (bicyclic) bond motifs is 1. The quantitative estimate of drug-likeness (QED) is 0.719. The molecule has 1 aromatic carbocycles. The van der Waals surface area contributed by atoms with E-state index in [-0.39, 0.29) is 16.9 Å². The van der Waals surface area contributed by atoms with Gasteiger partial charge in [-0.1, -0.05) is 12.1 Å². The fraction of sp³-hybridized carbons (Fsp3) is 0.353. The molecule has 0 aliphatic carbocycles. The summed E-state index contributed by atoms with van der Waals surface area (Å²) in [6.45, 7) is 1.27. The molecule has 1 saturated heterocycles. The summed E-state index contributed by atoms with van der Waals surface area (Å²) in [7, 11) is -3.77. The van der Waals surface area contributed by atoms with Crippen molar-refractivity contribution < 1.29 is 13.2 Å². The Morgan fingerprint density at radius 3 is 2.77 bits per heavy atom. The Balaban J connectivity index is 1.71. The molecule has 26 heavy (non-hydrogen) atoms. The number of ether oxygens (including phenoxy) is 1.